The largest absolute Gasteiger partial charge is 0.348 e. The minimum Gasteiger partial charge on any atom is -0.348 e. The third-order valence-electron chi connectivity index (χ3n) is 10.5. The van der Waals surface area contributed by atoms with E-state index in [4.69, 9.17) is 0 Å². The molecule has 0 radical (unpaired) electrons. The van der Waals surface area contributed by atoms with Crippen molar-refractivity contribution >= 4 is 34.5 Å². The number of thiophene rings is 2. The van der Waals surface area contributed by atoms with E-state index in [-0.39, 0.29) is 34.6 Å². The van der Waals surface area contributed by atoms with Crippen LogP contribution >= 0.6 is 22.7 Å². The maximum absolute atomic E-state index is 13.9. The maximum Gasteiger partial charge on any atom is 0.226 e. The van der Waals surface area contributed by atoms with Gasteiger partial charge in [0.1, 0.15) is 0 Å². The molecule has 6 heteroatoms. The lowest BCUT2D eigenvalue weighted by Crippen LogP contribution is -2.54. The average Bonchev–Trinajstić information content (AvgIpc) is 3.62. The zero-order valence-electron chi connectivity index (χ0n) is 21.7. The van der Waals surface area contributed by atoms with E-state index in [0.717, 1.165) is 38.5 Å². The number of carbonyl (C=O) groups excluding carboxylic acids is 2. The number of amides is 2. The van der Waals surface area contributed by atoms with Gasteiger partial charge in [0.05, 0.1) is 6.04 Å². The van der Waals surface area contributed by atoms with Gasteiger partial charge in [-0.1, -0.05) is 32.1 Å². The standard InChI is InChI=1S/C30H38N2O2S2/c1-29-14-12-22-20(8-11-26-30(22,2)15-13-27(33)32(26)3)21(29)9-10-23(29)28(34)31-24(25-7-5-17-36-25)18-19-6-4-16-35-19/h4-7,11,16-17,20-24H,8-10,12-15,18H2,1-3H3,(H,31,34)/t20-,21-,22-,23+,24?,29-,30+/m0/s1. The number of carbonyl (C=O) groups is 2. The minimum atomic E-state index is 0.0459. The SMILES string of the molecule is CN1C(=O)CC[C@@]2(C)C1=CC[C@H]1[C@@H]3CC[C@H](C(=O)NC(Cc4cccs4)c4cccs4)[C@@]3(C)CC[C@@H]12. The van der Waals surface area contributed by atoms with Gasteiger partial charge in [-0.25, -0.2) is 0 Å². The summed E-state index contributed by atoms with van der Waals surface area (Å²) in [7, 11) is 1.97. The summed E-state index contributed by atoms with van der Waals surface area (Å²) in [6.07, 6.45) is 10.4. The van der Waals surface area contributed by atoms with Crippen LogP contribution in [-0.2, 0) is 16.0 Å². The first-order chi connectivity index (χ1) is 17.3. The lowest BCUT2D eigenvalue weighted by atomic mass is 9.49. The molecule has 7 atom stereocenters. The van der Waals surface area contributed by atoms with Crippen molar-refractivity contribution in [3.8, 4) is 0 Å². The molecule has 4 nitrogen and oxygen atoms in total. The van der Waals surface area contributed by atoms with E-state index in [1.165, 1.54) is 21.9 Å². The van der Waals surface area contributed by atoms with E-state index in [1.54, 1.807) is 22.7 Å². The van der Waals surface area contributed by atoms with Crippen LogP contribution < -0.4 is 5.32 Å². The van der Waals surface area contributed by atoms with Crippen LogP contribution in [0.4, 0.5) is 0 Å². The fraction of sp³-hybridized carbons (Fsp3) is 0.600. The Kier molecular flexibility index (Phi) is 6.19. The molecule has 1 aliphatic heterocycles. The fourth-order valence-corrected chi connectivity index (χ4v) is 10.2. The van der Waals surface area contributed by atoms with Crippen molar-refractivity contribution in [2.24, 2.45) is 34.5 Å². The predicted octanol–water partition coefficient (Wildman–Crippen LogP) is 6.81. The van der Waals surface area contributed by atoms with Gasteiger partial charge in [-0.3, -0.25) is 9.59 Å². The summed E-state index contributed by atoms with van der Waals surface area (Å²) in [4.78, 5) is 30.8. The third kappa shape index (κ3) is 3.82. The molecule has 192 valence electrons. The molecule has 1 N–H and O–H groups in total. The first kappa shape index (κ1) is 24.4. The highest BCUT2D eigenvalue weighted by atomic mass is 32.1. The van der Waals surface area contributed by atoms with Crippen molar-refractivity contribution in [2.75, 3.05) is 7.05 Å². The van der Waals surface area contributed by atoms with Gasteiger partial charge in [0.2, 0.25) is 11.8 Å². The Morgan fingerprint density at radius 2 is 1.92 bits per heavy atom. The molecule has 1 saturated heterocycles. The molecule has 2 amide bonds. The van der Waals surface area contributed by atoms with Crippen LogP contribution in [0.2, 0.25) is 0 Å². The molecule has 0 bridgehead atoms. The Morgan fingerprint density at radius 1 is 1.11 bits per heavy atom. The van der Waals surface area contributed by atoms with Crippen LogP contribution in [0.1, 0.15) is 74.6 Å². The molecule has 2 saturated carbocycles. The van der Waals surface area contributed by atoms with Gasteiger partial charge in [-0.15, -0.1) is 22.7 Å². The zero-order valence-corrected chi connectivity index (χ0v) is 23.3. The number of rotatable bonds is 5. The number of likely N-dealkylation sites (tertiary alicyclic amines) is 1. The van der Waals surface area contributed by atoms with Crippen LogP contribution in [-0.4, -0.2) is 23.8 Å². The lowest BCUT2D eigenvalue weighted by molar-refractivity contribution is -0.138. The molecule has 4 aliphatic rings. The van der Waals surface area contributed by atoms with Gasteiger partial charge in [-0.05, 0) is 84.6 Å². The van der Waals surface area contributed by atoms with Gasteiger partial charge >= 0.3 is 0 Å². The molecule has 3 heterocycles. The Labute approximate surface area is 223 Å². The third-order valence-corrected chi connectivity index (χ3v) is 12.4. The Hall–Kier alpha value is -1.92. The molecule has 2 aromatic rings. The van der Waals surface area contributed by atoms with Crippen molar-refractivity contribution in [3.05, 3.63) is 56.6 Å². The van der Waals surface area contributed by atoms with Crippen LogP contribution in [0.25, 0.3) is 0 Å². The number of allylic oxidation sites excluding steroid dienone is 2. The Morgan fingerprint density at radius 3 is 2.67 bits per heavy atom. The minimum absolute atomic E-state index is 0.0459. The quantitative estimate of drug-likeness (QED) is 0.469. The van der Waals surface area contributed by atoms with Gasteiger partial charge < -0.3 is 10.2 Å². The number of nitrogens with zero attached hydrogens (tertiary/aromatic N) is 1. The first-order valence-corrected chi connectivity index (χ1v) is 15.4. The van der Waals surface area contributed by atoms with Crippen LogP contribution in [0.3, 0.4) is 0 Å². The summed E-state index contributed by atoms with van der Waals surface area (Å²) in [5, 5.41) is 7.74. The summed E-state index contributed by atoms with van der Waals surface area (Å²) in [6, 6.07) is 8.56. The molecule has 0 spiro atoms. The average molecular weight is 523 g/mol. The van der Waals surface area contributed by atoms with Crippen molar-refractivity contribution in [1.29, 1.82) is 0 Å². The second kappa shape index (κ2) is 9.13. The van der Waals surface area contributed by atoms with E-state index in [1.807, 2.05) is 11.9 Å². The normalized spacial score (nSPS) is 36.5. The van der Waals surface area contributed by atoms with E-state index in [9.17, 15) is 9.59 Å². The predicted molar refractivity (Wildman–Crippen MR) is 147 cm³/mol. The van der Waals surface area contributed by atoms with Crippen molar-refractivity contribution in [2.45, 2.75) is 71.3 Å². The van der Waals surface area contributed by atoms with E-state index < -0.39 is 0 Å². The second-order valence-electron chi connectivity index (χ2n) is 12.1. The second-order valence-corrected chi connectivity index (χ2v) is 14.1. The van der Waals surface area contributed by atoms with E-state index in [0.29, 0.717) is 24.2 Å². The summed E-state index contributed by atoms with van der Waals surface area (Å²) >= 11 is 3.51. The molecular weight excluding hydrogens is 484 g/mol. The lowest BCUT2D eigenvalue weighted by Gasteiger charge is -2.58. The first-order valence-electron chi connectivity index (χ1n) is 13.6. The van der Waals surface area contributed by atoms with Gasteiger partial charge in [-0.2, -0.15) is 0 Å². The molecular formula is C30H38N2O2S2. The monoisotopic (exact) mass is 522 g/mol. The van der Waals surface area contributed by atoms with Crippen molar-refractivity contribution < 1.29 is 9.59 Å². The van der Waals surface area contributed by atoms with Gasteiger partial charge in [0.25, 0.3) is 0 Å². The van der Waals surface area contributed by atoms with Crippen molar-refractivity contribution in [3.63, 3.8) is 0 Å². The molecule has 3 aliphatic carbocycles. The van der Waals surface area contributed by atoms with Crippen LogP contribution in [0.5, 0.6) is 0 Å². The molecule has 36 heavy (non-hydrogen) atoms. The van der Waals surface area contributed by atoms with Crippen molar-refractivity contribution in [1.82, 2.24) is 10.2 Å². The summed E-state index contributed by atoms with van der Waals surface area (Å²) in [5.74, 6) is 2.43. The van der Waals surface area contributed by atoms with Crippen LogP contribution in [0, 0.1) is 34.5 Å². The van der Waals surface area contributed by atoms with Crippen LogP contribution in [0.15, 0.2) is 46.8 Å². The number of nitrogens with one attached hydrogen (secondary N) is 1. The van der Waals surface area contributed by atoms with Gasteiger partial charge in [0.15, 0.2) is 0 Å². The number of fused-ring (bicyclic) bond motifs is 5. The zero-order chi connectivity index (χ0) is 25.1. The maximum atomic E-state index is 13.9. The Bertz CT molecular complexity index is 1160. The Balaban J connectivity index is 1.22. The number of hydrogen-bond donors (Lipinski definition) is 1. The summed E-state index contributed by atoms with van der Waals surface area (Å²) in [6.45, 7) is 4.83. The highest BCUT2D eigenvalue weighted by Crippen LogP contribution is 2.66. The molecule has 1 unspecified atom stereocenters. The highest BCUT2D eigenvalue weighted by Gasteiger charge is 2.60. The molecule has 6 rings (SSSR count). The topological polar surface area (TPSA) is 49.4 Å². The fourth-order valence-electron chi connectivity index (χ4n) is 8.63. The number of piperidine rings is 1. The number of hydrogen-bond acceptors (Lipinski definition) is 4. The van der Waals surface area contributed by atoms with E-state index in [2.05, 4.69) is 60.3 Å². The molecule has 0 aromatic carbocycles. The van der Waals surface area contributed by atoms with E-state index >= 15 is 0 Å². The highest BCUT2D eigenvalue weighted by molar-refractivity contribution is 7.10. The summed E-state index contributed by atoms with van der Waals surface area (Å²) < 4.78 is 0. The smallest absolute Gasteiger partial charge is 0.226 e. The molecule has 2 aromatic heterocycles. The van der Waals surface area contributed by atoms with Gasteiger partial charge in [0, 0.05) is 46.7 Å². The molecule has 3 fully saturated rings. The summed E-state index contributed by atoms with van der Waals surface area (Å²) in [5.41, 5.74) is 1.42.